The second-order valence-electron chi connectivity index (χ2n) is 4.40. The van der Waals surface area contributed by atoms with E-state index in [1.807, 2.05) is 13.8 Å². The molecule has 0 aliphatic carbocycles. The Morgan fingerprint density at radius 3 is 2.83 bits per heavy atom. The zero-order valence-electron chi connectivity index (χ0n) is 9.91. The summed E-state index contributed by atoms with van der Waals surface area (Å²) in [6.07, 6.45) is 2.84. The number of aromatic hydroxyl groups is 1. The van der Waals surface area contributed by atoms with Crippen molar-refractivity contribution in [1.29, 1.82) is 0 Å². The second-order valence-corrected chi connectivity index (χ2v) is 6.04. The van der Waals surface area contributed by atoms with Crippen LogP contribution in [0.2, 0.25) is 0 Å². The van der Waals surface area contributed by atoms with Crippen LogP contribution in [0.3, 0.4) is 0 Å². The molecule has 0 amide bonds. The summed E-state index contributed by atoms with van der Waals surface area (Å²) in [7, 11) is 0. The number of carboxylic acids is 1. The van der Waals surface area contributed by atoms with Crippen molar-refractivity contribution in [1.82, 2.24) is 4.98 Å². The molecule has 0 aromatic carbocycles. The normalized spacial score (nSPS) is 21.4. The van der Waals surface area contributed by atoms with Crippen molar-refractivity contribution in [3.8, 4) is 5.75 Å². The average molecular weight is 267 g/mol. The lowest BCUT2D eigenvalue weighted by Crippen LogP contribution is -2.34. The fourth-order valence-electron chi connectivity index (χ4n) is 1.62. The molecule has 0 spiro atoms. The number of nitrogens with zero attached hydrogens (tertiary/aromatic N) is 2. The van der Waals surface area contributed by atoms with Crippen LogP contribution < -0.4 is 5.32 Å². The molecule has 1 aromatic heterocycles. The van der Waals surface area contributed by atoms with Crippen molar-refractivity contribution < 1.29 is 15.0 Å². The largest absolute Gasteiger partial charge is 0.504 e. The highest BCUT2D eigenvalue weighted by atomic mass is 32.2. The summed E-state index contributed by atoms with van der Waals surface area (Å²) in [5.41, 5.74) is 0.457. The van der Waals surface area contributed by atoms with Gasteiger partial charge in [-0.05, 0) is 19.9 Å². The second kappa shape index (κ2) is 4.49. The molecule has 0 saturated heterocycles. The van der Waals surface area contributed by atoms with Crippen molar-refractivity contribution in [3.63, 3.8) is 0 Å². The maximum atomic E-state index is 11.1. The van der Waals surface area contributed by atoms with Gasteiger partial charge in [-0.25, -0.2) is 9.79 Å². The number of aromatic nitrogens is 1. The van der Waals surface area contributed by atoms with Gasteiger partial charge >= 0.3 is 5.97 Å². The van der Waals surface area contributed by atoms with Crippen LogP contribution in [0.15, 0.2) is 23.5 Å². The molecule has 3 N–H and O–H groups in total. The minimum atomic E-state index is -0.955. The Hall–Kier alpha value is -1.76. The molecule has 0 unspecified atom stereocenters. The molecular weight excluding hydrogens is 254 g/mol. The number of pyridine rings is 1. The summed E-state index contributed by atoms with van der Waals surface area (Å²) in [4.78, 5) is 18.9. The van der Waals surface area contributed by atoms with Gasteiger partial charge in [0.25, 0.3) is 0 Å². The third-order valence-electron chi connectivity index (χ3n) is 2.54. The van der Waals surface area contributed by atoms with Crippen molar-refractivity contribution in [2.45, 2.75) is 24.6 Å². The monoisotopic (exact) mass is 267 g/mol. The fourth-order valence-corrected chi connectivity index (χ4v) is 2.70. The summed E-state index contributed by atoms with van der Waals surface area (Å²) in [5, 5.41) is 22.0. The van der Waals surface area contributed by atoms with Crippen molar-refractivity contribution in [3.05, 3.63) is 18.5 Å². The van der Waals surface area contributed by atoms with Gasteiger partial charge in [-0.2, -0.15) is 0 Å². The van der Waals surface area contributed by atoms with Crippen LogP contribution in [0, 0.1) is 0 Å². The first-order chi connectivity index (χ1) is 8.40. The SMILES string of the molecule is CC1(C)SC(Nc2ccncc2O)=N[C@H]1C(=O)O. The molecule has 0 saturated carbocycles. The molecule has 2 rings (SSSR count). The van der Waals surface area contributed by atoms with Crippen LogP contribution in [0.25, 0.3) is 0 Å². The quantitative estimate of drug-likeness (QED) is 0.752. The lowest BCUT2D eigenvalue weighted by atomic mass is 10.0. The number of carboxylic acid groups (broad SMARTS) is 1. The average Bonchev–Trinajstić information content (AvgIpc) is 2.57. The third kappa shape index (κ3) is 2.40. The number of anilines is 1. The first kappa shape index (κ1) is 12.7. The predicted octanol–water partition coefficient (Wildman–Crippen LogP) is 1.53. The molecule has 18 heavy (non-hydrogen) atoms. The molecule has 1 atom stereocenters. The smallest absolute Gasteiger partial charge is 0.329 e. The zero-order valence-corrected chi connectivity index (χ0v) is 10.7. The van der Waals surface area contributed by atoms with E-state index in [-0.39, 0.29) is 5.75 Å². The van der Waals surface area contributed by atoms with Crippen LogP contribution in [0.5, 0.6) is 5.75 Å². The van der Waals surface area contributed by atoms with Crippen molar-refractivity contribution in [2.24, 2.45) is 4.99 Å². The minimum Gasteiger partial charge on any atom is -0.504 e. The summed E-state index contributed by atoms with van der Waals surface area (Å²) in [5.74, 6) is -0.958. The van der Waals surface area contributed by atoms with E-state index in [9.17, 15) is 9.90 Å². The van der Waals surface area contributed by atoms with E-state index < -0.39 is 16.8 Å². The predicted molar refractivity (Wildman–Crippen MR) is 70.1 cm³/mol. The van der Waals surface area contributed by atoms with Crippen LogP contribution >= 0.6 is 11.8 Å². The number of amidine groups is 1. The lowest BCUT2D eigenvalue weighted by molar-refractivity contribution is -0.138. The molecule has 96 valence electrons. The topological polar surface area (TPSA) is 94.8 Å². The number of rotatable bonds is 2. The molecule has 2 heterocycles. The van der Waals surface area contributed by atoms with Crippen LogP contribution in [-0.4, -0.2) is 37.1 Å². The van der Waals surface area contributed by atoms with Crippen LogP contribution in [0.1, 0.15) is 13.8 Å². The number of aliphatic carboxylic acids is 1. The highest BCUT2D eigenvalue weighted by Gasteiger charge is 2.42. The van der Waals surface area contributed by atoms with E-state index in [2.05, 4.69) is 15.3 Å². The molecule has 6 nitrogen and oxygen atoms in total. The molecule has 1 aliphatic rings. The van der Waals surface area contributed by atoms with Crippen molar-refractivity contribution in [2.75, 3.05) is 5.32 Å². The Bertz CT molecular complexity index is 516. The molecule has 0 radical (unpaired) electrons. The van der Waals surface area contributed by atoms with E-state index >= 15 is 0 Å². The number of carbonyl (C=O) groups is 1. The molecule has 7 heteroatoms. The maximum absolute atomic E-state index is 11.1. The Labute approximate surface area is 108 Å². The number of nitrogens with one attached hydrogen (secondary N) is 1. The van der Waals surface area contributed by atoms with E-state index in [4.69, 9.17) is 5.11 Å². The number of aliphatic imine (C=N–C) groups is 1. The third-order valence-corrected chi connectivity index (χ3v) is 3.69. The highest BCUT2D eigenvalue weighted by Crippen LogP contribution is 2.38. The van der Waals surface area contributed by atoms with Gasteiger partial charge in [0, 0.05) is 6.20 Å². The summed E-state index contributed by atoms with van der Waals surface area (Å²) in [6, 6.07) is 0.799. The van der Waals surface area contributed by atoms with E-state index in [1.165, 1.54) is 24.2 Å². The van der Waals surface area contributed by atoms with E-state index in [0.717, 1.165) is 0 Å². The Morgan fingerprint density at radius 2 is 2.28 bits per heavy atom. The van der Waals surface area contributed by atoms with E-state index in [1.54, 1.807) is 6.07 Å². The Kier molecular flexibility index (Phi) is 3.16. The molecule has 0 fully saturated rings. The van der Waals surface area contributed by atoms with Gasteiger partial charge < -0.3 is 15.5 Å². The molecule has 1 aromatic rings. The number of thioether (sulfide) groups is 1. The van der Waals surface area contributed by atoms with Gasteiger partial charge in [0.05, 0.1) is 16.6 Å². The van der Waals surface area contributed by atoms with Gasteiger partial charge in [0.15, 0.2) is 17.0 Å². The van der Waals surface area contributed by atoms with Gasteiger partial charge in [-0.15, -0.1) is 0 Å². The maximum Gasteiger partial charge on any atom is 0.329 e. The van der Waals surface area contributed by atoms with Crippen LogP contribution in [-0.2, 0) is 4.79 Å². The standard InChI is InChI=1S/C11H13N3O3S/c1-11(2)8(9(16)17)14-10(18-11)13-6-3-4-12-5-7(6)15/h3-5,8,15H,1-2H3,(H,16,17)(H,12,13,14)/t8-/m0/s1. The highest BCUT2D eigenvalue weighted by molar-refractivity contribution is 8.15. The minimum absolute atomic E-state index is 0.00242. The zero-order chi connectivity index (χ0) is 13.3. The van der Waals surface area contributed by atoms with Crippen molar-refractivity contribution >= 4 is 28.6 Å². The Balaban J connectivity index is 2.20. The van der Waals surface area contributed by atoms with E-state index in [0.29, 0.717) is 10.9 Å². The first-order valence-electron chi connectivity index (χ1n) is 5.30. The molecule has 0 bridgehead atoms. The summed E-state index contributed by atoms with van der Waals surface area (Å²) >= 11 is 1.33. The van der Waals surface area contributed by atoms with Gasteiger partial charge in [0.2, 0.25) is 0 Å². The molecular formula is C11H13N3O3S. The number of hydrogen-bond acceptors (Lipinski definition) is 6. The summed E-state index contributed by atoms with van der Waals surface area (Å²) < 4.78 is -0.517. The molecule has 1 aliphatic heterocycles. The van der Waals surface area contributed by atoms with Gasteiger partial charge in [-0.1, -0.05) is 11.8 Å². The fraction of sp³-hybridized carbons (Fsp3) is 0.364. The number of hydrogen-bond donors (Lipinski definition) is 3. The lowest BCUT2D eigenvalue weighted by Gasteiger charge is -2.20. The summed E-state index contributed by atoms with van der Waals surface area (Å²) in [6.45, 7) is 3.64. The Morgan fingerprint density at radius 1 is 1.56 bits per heavy atom. The van der Waals surface area contributed by atoms with Gasteiger partial charge in [0.1, 0.15) is 0 Å². The van der Waals surface area contributed by atoms with Gasteiger partial charge in [-0.3, -0.25) is 4.98 Å². The van der Waals surface area contributed by atoms with Crippen LogP contribution in [0.4, 0.5) is 5.69 Å². The first-order valence-corrected chi connectivity index (χ1v) is 6.11.